The van der Waals surface area contributed by atoms with Crippen molar-refractivity contribution < 1.29 is 9.21 Å². The first-order valence-corrected chi connectivity index (χ1v) is 6.38. The quantitative estimate of drug-likeness (QED) is 0.673. The maximum atomic E-state index is 12.5. The molecular formula is C17H13NO2. The Balaban J connectivity index is 2.09. The van der Waals surface area contributed by atoms with E-state index in [2.05, 4.69) is 4.98 Å². The zero-order valence-electron chi connectivity index (χ0n) is 11.0. The van der Waals surface area contributed by atoms with E-state index in [9.17, 15) is 4.79 Å². The van der Waals surface area contributed by atoms with Crippen LogP contribution in [0.1, 0.15) is 22.0 Å². The third kappa shape index (κ3) is 2.26. The summed E-state index contributed by atoms with van der Waals surface area (Å²) in [6, 6.07) is 18.7. The fourth-order valence-electron chi connectivity index (χ4n) is 2.09. The molecule has 3 rings (SSSR count). The molecule has 20 heavy (non-hydrogen) atoms. The van der Waals surface area contributed by atoms with Crippen LogP contribution < -0.4 is 0 Å². The minimum atomic E-state index is -0.148. The lowest BCUT2D eigenvalue weighted by Gasteiger charge is -2.00. The summed E-state index contributed by atoms with van der Waals surface area (Å²) in [6.07, 6.45) is 0. The molecule has 0 aliphatic carbocycles. The molecule has 0 radical (unpaired) electrons. The fraction of sp³-hybridized carbons (Fsp3) is 0.0588. The van der Waals surface area contributed by atoms with Gasteiger partial charge in [-0.2, -0.15) is 0 Å². The van der Waals surface area contributed by atoms with Crippen LogP contribution >= 0.6 is 0 Å². The molecule has 0 N–H and O–H groups in total. The van der Waals surface area contributed by atoms with Crippen molar-refractivity contribution in [1.29, 1.82) is 0 Å². The first-order valence-electron chi connectivity index (χ1n) is 6.38. The Bertz CT molecular complexity index is 730. The molecule has 0 bridgehead atoms. The zero-order chi connectivity index (χ0) is 13.9. The van der Waals surface area contributed by atoms with Crippen molar-refractivity contribution >= 4 is 5.78 Å². The second-order valence-corrected chi connectivity index (χ2v) is 4.47. The van der Waals surface area contributed by atoms with E-state index < -0.39 is 0 Å². The van der Waals surface area contributed by atoms with Gasteiger partial charge in [-0.1, -0.05) is 60.7 Å². The predicted octanol–water partition coefficient (Wildman–Crippen LogP) is 3.88. The zero-order valence-corrected chi connectivity index (χ0v) is 11.0. The Morgan fingerprint density at radius 2 is 1.55 bits per heavy atom. The van der Waals surface area contributed by atoms with Crippen molar-refractivity contribution in [1.82, 2.24) is 4.98 Å². The van der Waals surface area contributed by atoms with Crippen LogP contribution in [0, 0.1) is 6.92 Å². The third-order valence-electron chi connectivity index (χ3n) is 3.02. The number of carbonyl (C=O) groups excluding carboxylic acids is 1. The standard InChI is InChI=1S/C17H13NO2/c1-12-18-15(13-8-4-2-5-9-13)17(20-12)16(19)14-10-6-3-7-11-14/h2-11H,1H3. The number of aryl methyl sites for hydroxylation is 1. The van der Waals surface area contributed by atoms with E-state index in [0.29, 0.717) is 22.9 Å². The maximum absolute atomic E-state index is 12.5. The number of hydrogen-bond acceptors (Lipinski definition) is 3. The lowest BCUT2D eigenvalue weighted by atomic mass is 10.0. The van der Waals surface area contributed by atoms with Gasteiger partial charge in [0.25, 0.3) is 0 Å². The molecule has 1 heterocycles. The van der Waals surface area contributed by atoms with E-state index >= 15 is 0 Å². The first kappa shape index (κ1) is 12.4. The molecule has 0 fully saturated rings. The molecule has 0 spiro atoms. The van der Waals surface area contributed by atoms with E-state index in [1.54, 1.807) is 19.1 Å². The van der Waals surface area contributed by atoms with E-state index in [0.717, 1.165) is 5.56 Å². The summed E-state index contributed by atoms with van der Waals surface area (Å²) < 4.78 is 5.52. The first-order chi connectivity index (χ1) is 9.75. The average Bonchev–Trinajstić information content (AvgIpc) is 2.90. The molecule has 0 atom stereocenters. The Morgan fingerprint density at radius 3 is 2.20 bits per heavy atom. The molecule has 0 saturated heterocycles. The third-order valence-corrected chi connectivity index (χ3v) is 3.02. The van der Waals surface area contributed by atoms with Gasteiger partial charge >= 0.3 is 0 Å². The number of carbonyl (C=O) groups is 1. The maximum Gasteiger partial charge on any atom is 0.230 e. The molecule has 98 valence electrons. The van der Waals surface area contributed by atoms with Gasteiger partial charge in [0.05, 0.1) is 0 Å². The van der Waals surface area contributed by atoms with Gasteiger partial charge in [-0.3, -0.25) is 4.79 Å². The predicted molar refractivity (Wildman–Crippen MR) is 76.6 cm³/mol. The number of aromatic nitrogens is 1. The highest BCUT2D eigenvalue weighted by Gasteiger charge is 2.21. The molecule has 3 aromatic rings. The van der Waals surface area contributed by atoms with Gasteiger partial charge in [0, 0.05) is 18.1 Å². The van der Waals surface area contributed by atoms with Gasteiger partial charge in [-0.15, -0.1) is 0 Å². The van der Waals surface area contributed by atoms with Gasteiger partial charge in [-0.05, 0) is 0 Å². The summed E-state index contributed by atoms with van der Waals surface area (Å²) in [6.45, 7) is 1.74. The molecular weight excluding hydrogens is 250 g/mol. The molecule has 2 aromatic carbocycles. The minimum Gasteiger partial charge on any atom is -0.437 e. The highest BCUT2D eigenvalue weighted by molar-refractivity contribution is 6.10. The average molecular weight is 263 g/mol. The lowest BCUT2D eigenvalue weighted by Crippen LogP contribution is -2.01. The van der Waals surface area contributed by atoms with Gasteiger partial charge in [-0.25, -0.2) is 4.98 Å². The molecule has 0 aliphatic heterocycles. The van der Waals surface area contributed by atoms with E-state index in [-0.39, 0.29) is 5.78 Å². The topological polar surface area (TPSA) is 43.1 Å². The normalized spacial score (nSPS) is 10.4. The summed E-state index contributed by atoms with van der Waals surface area (Å²) in [5, 5.41) is 0. The number of hydrogen-bond donors (Lipinski definition) is 0. The van der Waals surface area contributed by atoms with E-state index in [4.69, 9.17) is 4.42 Å². The van der Waals surface area contributed by atoms with Crippen LogP contribution in [0.5, 0.6) is 0 Å². The van der Waals surface area contributed by atoms with Crippen LogP contribution in [0.4, 0.5) is 0 Å². The van der Waals surface area contributed by atoms with Crippen molar-refractivity contribution in [3.63, 3.8) is 0 Å². The van der Waals surface area contributed by atoms with Gasteiger partial charge < -0.3 is 4.42 Å². The summed E-state index contributed by atoms with van der Waals surface area (Å²) in [5.74, 6) is 0.632. The molecule has 0 unspecified atom stereocenters. The summed E-state index contributed by atoms with van der Waals surface area (Å²) in [5.41, 5.74) is 2.07. The minimum absolute atomic E-state index is 0.148. The number of oxazole rings is 1. The molecule has 3 heteroatoms. The Morgan fingerprint density at radius 1 is 0.950 bits per heavy atom. The Hall–Kier alpha value is -2.68. The smallest absolute Gasteiger partial charge is 0.230 e. The monoisotopic (exact) mass is 263 g/mol. The van der Waals surface area contributed by atoms with Crippen molar-refractivity contribution in [2.24, 2.45) is 0 Å². The largest absolute Gasteiger partial charge is 0.437 e. The molecule has 0 saturated carbocycles. The Labute approximate surface area is 116 Å². The molecule has 3 nitrogen and oxygen atoms in total. The van der Waals surface area contributed by atoms with Crippen molar-refractivity contribution in [2.45, 2.75) is 6.92 Å². The SMILES string of the molecule is Cc1nc(-c2ccccc2)c(C(=O)c2ccccc2)o1. The number of ketones is 1. The van der Waals surface area contributed by atoms with Crippen LogP contribution in [-0.4, -0.2) is 10.8 Å². The summed E-state index contributed by atoms with van der Waals surface area (Å²) in [4.78, 5) is 16.9. The van der Waals surface area contributed by atoms with Crippen LogP contribution in [0.15, 0.2) is 65.1 Å². The van der Waals surface area contributed by atoms with E-state index in [1.165, 1.54) is 0 Å². The second kappa shape index (κ2) is 5.13. The van der Waals surface area contributed by atoms with Gasteiger partial charge in [0.2, 0.25) is 11.5 Å². The van der Waals surface area contributed by atoms with Gasteiger partial charge in [0.1, 0.15) is 5.69 Å². The fourth-order valence-corrected chi connectivity index (χ4v) is 2.09. The van der Waals surface area contributed by atoms with E-state index in [1.807, 2.05) is 48.5 Å². The highest BCUT2D eigenvalue weighted by Crippen LogP contribution is 2.25. The van der Waals surface area contributed by atoms with Crippen molar-refractivity contribution in [2.75, 3.05) is 0 Å². The molecule has 1 aromatic heterocycles. The van der Waals surface area contributed by atoms with Crippen LogP contribution in [0.2, 0.25) is 0 Å². The summed E-state index contributed by atoms with van der Waals surface area (Å²) in [7, 11) is 0. The summed E-state index contributed by atoms with van der Waals surface area (Å²) >= 11 is 0. The van der Waals surface area contributed by atoms with Gasteiger partial charge in [0.15, 0.2) is 5.89 Å². The van der Waals surface area contributed by atoms with Crippen molar-refractivity contribution in [3.8, 4) is 11.3 Å². The number of benzene rings is 2. The van der Waals surface area contributed by atoms with Crippen LogP contribution in [-0.2, 0) is 0 Å². The molecule has 0 aliphatic rings. The lowest BCUT2D eigenvalue weighted by molar-refractivity contribution is 0.101. The molecule has 0 amide bonds. The van der Waals surface area contributed by atoms with Crippen LogP contribution in [0.25, 0.3) is 11.3 Å². The number of nitrogens with zero attached hydrogens (tertiary/aromatic N) is 1. The highest BCUT2D eigenvalue weighted by atomic mass is 16.4. The van der Waals surface area contributed by atoms with Crippen LogP contribution in [0.3, 0.4) is 0 Å². The number of rotatable bonds is 3. The second-order valence-electron chi connectivity index (χ2n) is 4.47. The van der Waals surface area contributed by atoms with Crippen molar-refractivity contribution in [3.05, 3.63) is 77.9 Å². The Kier molecular flexibility index (Phi) is 3.17.